The van der Waals surface area contributed by atoms with Crippen LogP contribution in [-0.4, -0.2) is 21.4 Å². The molecule has 4 heteroatoms. The Balaban J connectivity index is 3.95. The van der Waals surface area contributed by atoms with E-state index in [1.165, 1.54) is 0 Å². The minimum atomic E-state index is -0.587. The predicted molar refractivity (Wildman–Crippen MR) is 48.4 cm³/mol. The third kappa shape index (κ3) is 3.22. The van der Waals surface area contributed by atoms with Crippen molar-refractivity contribution in [3.63, 3.8) is 0 Å². The van der Waals surface area contributed by atoms with Crippen LogP contribution in [0.1, 0.15) is 13.8 Å². The van der Waals surface area contributed by atoms with Crippen LogP contribution in [0.25, 0.3) is 0 Å². The number of carbonyl (C=O) groups is 1. The Labute approximate surface area is 79.2 Å². The highest BCUT2D eigenvalue weighted by Crippen LogP contribution is 2.15. The van der Waals surface area contributed by atoms with Gasteiger partial charge in [-0.2, -0.15) is 0 Å². The van der Waals surface area contributed by atoms with Gasteiger partial charge in [0.15, 0.2) is 5.78 Å². The highest BCUT2D eigenvalue weighted by atomic mass is 79.9. The van der Waals surface area contributed by atoms with Gasteiger partial charge in [-0.05, 0) is 13.8 Å². The lowest BCUT2D eigenvalue weighted by molar-refractivity contribution is -0.117. The number of carbonyl (C=O) groups excluding carboxylic acids is 1. The smallest absolute Gasteiger partial charge is 0.165 e. The molecule has 0 aromatic carbocycles. The standard InChI is InChI=1S/C6H9BrCl2O/c1-3(7)6(10)5(9)4(2)8/h3-5H,1-2H3. The molecule has 0 radical (unpaired) electrons. The van der Waals surface area contributed by atoms with Crippen LogP contribution in [0, 0.1) is 0 Å². The predicted octanol–water partition coefficient (Wildman–Crippen LogP) is 2.57. The van der Waals surface area contributed by atoms with Gasteiger partial charge < -0.3 is 0 Å². The zero-order valence-electron chi connectivity index (χ0n) is 5.77. The van der Waals surface area contributed by atoms with Gasteiger partial charge in [0.2, 0.25) is 0 Å². The molecule has 0 aromatic rings. The molecule has 0 saturated carbocycles. The first-order valence-corrected chi connectivity index (χ1v) is 4.71. The Bertz CT molecular complexity index is 125. The highest BCUT2D eigenvalue weighted by Gasteiger charge is 2.23. The van der Waals surface area contributed by atoms with E-state index < -0.39 is 5.38 Å². The van der Waals surface area contributed by atoms with Crippen molar-refractivity contribution in [2.24, 2.45) is 0 Å². The van der Waals surface area contributed by atoms with E-state index in [1.54, 1.807) is 13.8 Å². The molecule has 0 aliphatic rings. The summed E-state index contributed by atoms with van der Waals surface area (Å²) in [6.07, 6.45) is 0. The van der Waals surface area contributed by atoms with E-state index in [0.717, 1.165) is 0 Å². The Morgan fingerprint density at radius 2 is 1.80 bits per heavy atom. The summed E-state index contributed by atoms with van der Waals surface area (Å²) < 4.78 is 0. The highest BCUT2D eigenvalue weighted by molar-refractivity contribution is 9.10. The quantitative estimate of drug-likeness (QED) is 0.701. The van der Waals surface area contributed by atoms with Gasteiger partial charge in [-0.25, -0.2) is 0 Å². The molecule has 0 aliphatic heterocycles. The monoisotopic (exact) mass is 246 g/mol. The molecule has 3 atom stereocenters. The van der Waals surface area contributed by atoms with Gasteiger partial charge in [-0.1, -0.05) is 15.9 Å². The molecule has 0 amide bonds. The van der Waals surface area contributed by atoms with Crippen molar-refractivity contribution in [1.82, 2.24) is 0 Å². The largest absolute Gasteiger partial charge is 0.297 e. The first-order valence-electron chi connectivity index (χ1n) is 2.92. The van der Waals surface area contributed by atoms with Gasteiger partial charge in [-0.15, -0.1) is 23.2 Å². The summed E-state index contributed by atoms with van der Waals surface area (Å²) in [5.74, 6) is -0.0656. The first-order chi connectivity index (χ1) is 4.46. The SMILES string of the molecule is CC(Br)C(=O)C(Cl)C(C)Cl. The van der Waals surface area contributed by atoms with E-state index in [9.17, 15) is 4.79 Å². The fourth-order valence-electron chi connectivity index (χ4n) is 0.446. The summed E-state index contributed by atoms with van der Waals surface area (Å²) in [5, 5.41) is -0.898. The van der Waals surface area contributed by atoms with E-state index in [1.807, 2.05) is 0 Å². The molecule has 60 valence electrons. The Morgan fingerprint density at radius 1 is 1.40 bits per heavy atom. The van der Waals surface area contributed by atoms with Crippen molar-refractivity contribution in [2.75, 3.05) is 0 Å². The number of rotatable bonds is 3. The van der Waals surface area contributed by atoms with Gasteiger partial charge in [0.25, 0.3) is 0 Å². The average molecular weight is 248 g/mol. The van der Waals surface area contributed by atoms with Crippen LogP contribution in [0.2, 0.25) is 0 Å². The van der Waals surface area contributed by atoms with E-state index >= 15 is 0 Å². The molecular formula is C6H9BrCl2O. The molecule has 0 aromatic heterocycles. The molecule has 0 bridgehead atoms. The van der Waals surface area contributed by atoms with E-state index in [-0.39, 0.29) is 16.0 Å². The lowest BCUT2D eigenvalue weighted by Crippen LogP contribution is -2.28. The minimum Gasteiger partial charge on any atom is -0.297 e. The second kappa shape index (κ2) is 4.58. The molecule has 3 unspecified atom stereocenters. The van der Waals surface area contributed by atoms with Crippen LogP contribution in [0.5, 0.6) is 0 Å². The number of alkyl halides is 3. The van der Waals surface area contributed by atoms with Crippen LogP contribution in [0.15, 0.2) is 0 Å². The van der Waals surface area contributed by atoms with Crippen molar-refractivity contribution >= 4 is 44.9 Å². The molecule has 0 aliphatic carbocycles. The van der Waals surface area contributed by atoms with Gasteiger partial charge in [-0.3, -0.25) is 4.79 Å². The Kier molecular flexibility index (Phi) is 4.91. The third-order valence-electron chi connectivity index (χ3n) is 1.07. The zero-order valence-corrected chi connectivity index (χ0v) is 8.87. The number of ketones is 1. The fraction of sp³-hybridized carbons (Fsp3) is 0.833. The molecular weight excluding hydrogens is 239 g/mol. The Morgan fingerprint density at radius 3 is 1.90 bits per heavy atom. The second-order valence-corrected chi connectivity index (χ2v) is 4.63. The molecule has 0 saturated heterocycles. The number of halogens is 3. The second-order valence-electron chi connectivity index (χ2n) is 2.10. The van der Waals surface area contributed by atoms with Crippen molar-refractivity contribution in [1.29, 1.82) is 0 Å². The zero-order chi connectivity index (χ0) is 8.31. The summed E-state index contributed by atoms with van der Waals surface area (Å²) in [6.45, 7) is 3.43. The van der Waals surface area contributed by atoms with Crippen LogP contribution >= 0.6 is 39.1 Å². The summed E-state index contributed by atoms with van der Waals surface area (Å²) in [5.41, 5.74) is 0. The number of hydrogen-bond donors (Lipinski definition) is 0. The van der Waals surface area contributed by atoms with Crippen LogP contribution in [0.3, 0.4) is 0 Å². The van der Waals surface area contributed by atoms with Crippen molar-refractivity contribution < 1.29 is 4.79 Å². The maximum Gasteiger partial charge on any atom is 0.165 e. The lowest BCUT2D eigenvalue weighted by atomic mass is 10.2. The average Bonchev–Trinajstić information content (AvgIpc) is 1.84. The van der Waals surface area contributed by atoms with Gasteiger partial charge in [0, 0.05) is 0 Å². The topological polar surface area (TPSA) is 17.1 Å². The molecule has 1 nitrogen and oxygen atoms in total. The van der Waals surface area contributed by atoms with E-state index in [2.05, 4.69) is 15.9 Å². The molecule has 0 fully saturated rings. The normalized spacial score (nSPS) is 19.7. The van der Waals surface area contributed by atoms with Crippen molar-refractivity contribution in [3.05, 3.63) is 0 Å². The lowest BCUT2D eigenvalue weighted by Gasteiger charge is -2.11. The summed E-state index contributed by atoms with van der Waals surface area (Å²) >= 11 is 14.4. The van der Waals surface area contributed by atoms with E-state index in [4.69, 9.17) is 23.2 Å². The minimum absolute atomic E-state index is 0.0656. The molecule has 0 heterocycles. The summed E-state index contributed by atoms with van der Waals surface area (Å²) in [4.78, 5) is 10.8. The molecule has 0 rings (SSSR count). The van der Waals surface area contributed by atoms with Crippen molar-refractivity contribution in [3.8, 4) is 0 Å². The van der Waals surface area contributed by atoms with Gasteiger partial charge >= 0.3 is 0 Å². The first kappa shape index (κ1) is 10.7. The summed E-state index contributed by atoms with van der Waals surface area (Å²) in [7, 11) is 0. The van der Waals surface area contributed by atoms with Gasteiger partial charge in [0.05, 0.1) is 10.2 Å². The number of Topliss-reactive ketones (excluding diaryl/α,β-unsaturated/α-hetero) is 1. The molecule has 0 N–H and O–H groups in total. The maximum absolute atomic E-state index is 11.0. The third-order valence-corrected chi connectivity index (χ3v) is 2.49. The van der Waals surface area contributed by atoms with E-state index in [0.29, 0.717) is 0 Å². The molecule has 10 heavy (non-hydrogen) atoms. The molecule has 0 spiro atoms. The van der Waals surface area contributed by atoms with Gasteiger partial charge in [0.1, 0.15) is 5.38 Å². The van der Waals surface area contributed by atoms with Crippen LogP contribution < -0.4 is 0 Å². The Hall–Kier alpha value is 0.730. The van der Waals surface area contributed by atoms with Crippen molar-refractivity contribution in [2.45, 2.75) is 29.4 Å². The summed E-state index contributed by atoms with van der Waals surface area (Å²) in [6, 6.07) is 0. The van der Waals surface area contributed by atoms with Crippen LogP contribution in [-0.2, 0) is 4.79 Å². The van der Waals surface area contributed by atoms with Crippen LogP contribution in [0.4, 0.5) is 0 Å². The maximum atomic E-state index is 11.0. The fourth-order valence-corrected chi connectivity index (χ4v) is 1.20. The number of hydrogen-bond acceptors (Lipinski definition) is 1.